The SMILES string of the molecule is COc1ccc(CC(C)(C)NCC(O)C2Oc3ccccc3NC2=O)cc1. The van der Waals surface area contributed by atoms with Crippen molar-refractivity contribution in [1.29, 1.82) is 0 Å². The third kappa shape index (κ3) is 4.78. The van der Waals surface area contributed by atoms with Crippen LogP contribution < -0.4 is 20.1 Å². The molecule has 144 valence electrons. The van der Waals surface area contributed by atoms with E-state index in [0.29, 0.717) is 11.4 Å². The molecule has 0 aromatic heterocycles. The van der Waals surface area contributed by atoms with Gasteiger partial charge in [-0.1, -0.05) is 24.3 Å². The molecule has 0 saturated heterocycles. The zero-order chi connectivity index (χ0) is 19.4. The lowest BCUT2D eigenvalue weighted by atomic mass is 9.94. The van der Waals surface area contributed by atoms with Gasteiger partial charge in [0.2, 0.25) is 6.10 Å². The van der Waals surface area contributed by atoms with E-state index in [2.05, 4.69) is 24.5 Å². The van der Waals surface area contributed by atoms with Crippen LogP contribution in [-0.4, -0.2) is 42.4 Å². The van der Waals surface area contributed by atoms with Crippen LogP contribution in [-0.2, 0) is 11.2 Å². The van der Waals surface area contributed by atoms with Crippen LogP contribution in [0.4, 0.5) is 5.69 Å². The van der Waals surface area contributed by atoms with Crippen LogP contribution >= 0.6 is 0 Å². The van der Waals surface area contributed by atoms with Crippen LogP contribution in [0, 0.1) is 0 Å². The fourth-order valence-electron chi connectivity index (χ4n) is 3.12. The highest BCUT2D eigenvalue weighted by Gasteiger charge is 2.34. The molecule has 0 fully saturated rings. The van der Waals surface area contributed by atoms with Gasteiger partial charge in [0.25, 0.3) is 5.91 Å². The number of hydrogen-bond acceptors (Lipinski definition) is 5. The predicted molar refractivity (Wildman–Crippen MR) is 104 cm³/mol. The fraction of sp³-hybridized carbons (Fsp3) is 0.381. The number of nitrogens with one attached hydrogen (secondary N) is 2. The Labute approximate surface area is 159 Å². The van der Waals surface area contributed by atoms with E-state index in [1.807, 2.05) is 36.4 Å². The van der Waals surface area contributed by atoms with Gasteiger partial charge in [-0.05, 0) is 50.1 Å². The molecule has 27 heavy (non-hydrogen) atoms. The first-order chi connectivity index (χ1) is 12.9. The molecule has 1 amide bonds. The van der Waals surface area contributed by atoms with E-state index in [0.717, 1.165) is 17.7 Å². The number of amides is 1. The van der Waals surface area contributed by atoms with Crippen molar-refractivity contribution in [3.63, 3.8) is 0 Å². The molecule has 6 nitrogen and oxygen atoms in total. The van der Waals surface area contributed by atoms with Crippen molar-refractivity contribution in [2.45, 2.75) is 38.0 Å². The van der Waals surface area contributed by atoms with E-state index in [9.17, 15) is 9.90 Å². The Morgan fingerprint density at radius 3 is 2.63 bits per heavy atom. The number of para-hydroxylation sites is 2. The molecule has 6 heteroatoms. The second-order valence-corrected chi connectivity index (χ2v) is 7.38. The first-order valence-electron chi connectivity index (χ1n) is 9.00. The van der Waals surface area contributed by atoms with Gasteiger partial charge in [0.05, 0.1) is 12.8 Å². The Balaban J connectivity index is 1.57. The highest BCUT2D eigenvalue weighted by molar-refractivity contribution is 5.98. The third-order valence-electron chi connectivity index (χ3n) is 4.60. The number of rotatable bonds is 7. The minimum atomic E-state index is -0.964. The van der Waals surface area contributed by atoms with E-state index < -0.39 is 12.2 Å². The molecular formula is C21H26N2O4. The van der Waals surface area contributed by atoms with Gasteiger partial charge in [-0.3, -0.25) is 4.79 Å². The number of carbonyl (C=O) groups is 1. The van der Waals surface area contributed by atoms with Gasteiger partial charge in [0.15, 0.2) is 0 Å². The first-order valence-corrected chi connectivity index (χ1v) is 9.00. The second kappa shape index (κ2) is 7.98. The minimum Gasteiger partial charge on any atom is -0.497 e. The van der Waals surface area contributed by atoms with Gasteiger partial charge in [-0.15, -0.1) is 0 Å². The standard InChI is InChI=1S/C21H26N2O4/c1-21(2,12-14-8-10-15(26-3)11-9-14)22-13-17(24)19-20(25)23-16-6-4-5-7-18(16)27-19/h4-11,17,19,22,24H,12-13H2,1-3H3,(H,23,25). The molecule has 3 N–H and O–H groups in total. The van der Waals surface area contributed by atoms with E-state index in [4.69, 9.17) is 9.47 Å². The number of ether oxygens (including phenoxy) is 2. The zero-order valence-corrected chi connectivity index (χ0v) is 15.9. The number of benzene rings is 2. The van der Waals surface area contributed by atoms with Gasteiger partial charge in [-0.25, -0.2) is 0 Å². The van der Waals surface area contributed by atoms with Crippen LogP contribution in [0.1, 0.15) is 19.4 Å². The molecule has 0 radical (unpaired) electrons. The highest BCUT2D eigenvalue weighted by atomic mass is 16.5. The highest BCUT2D eigenvalue weighted by Crippen LogP contribution is 2.29. The summed E-state index contributed by atoms with van der Waals surface area (Å²) in [7, 11) is 1.64. The lowest BCUT2D eigenvalue weighted by Crippen LogP contribution is -2.53. The van der Waals surface area contributed by atoms with E-state index in [-0.39, 0.29) is 18.0 Å². The van der Waals surface area contributed by atoms with E-state index >= 15 is 0 Å². The van der Waals surface area contributed by atoms with Crippen LogP contribution in [0.3, 0.4) is 0 Å². The summed E-state index contributed by atoms with van der Waals surface area (Å²) in [6.07, 6.45) is -1.14. The molecule has 1 heterocycles. The lowest BCUT2D eigenvalue weighted by molar-refractivity contribution is -0.128. The largest absolute Gasteiger partial charge is 0.497 e. The maximum atomic E-state index is 12.2. The van der Waals surface area contributed by atoms with Crippen molar-refractivity contribution < 1.29 is 19.4 Å². The Morgan fingerprint density at radius 2 is 1.93 bits per heavy atom. The maximum Gasteiger partial charge on any atom is 0.268 e. The van der Waals surface area contributed by atoms with Crippen LogP contribution in [0.15, 0.2) is 48.5 Å². The van der Waals surface area contributed by atoms with Crippen molar-refractivity contribution in [3.05, 3.63) is 54.1 Å². The zero-order valence-electron chi connectivity index (χ0n) is 15.9. The molecule has 2 aromatic rings. The molecule has 3 rings (SSSR count). The number of fused-ring (bicyclic) bond motifs is 1. The van der Waals surface area contributed by atoms with Gasteiger partial charge in [0, 0.05) is 12.1 Å². The minimum absolute atomic E-state index is 0.239. The summed E-state index contributed by atoms with van der Waals surface area (Å²) in [4.78, 5) is 12.2. The third-order valence-corrected chi connectivity index (χ3v) is 4.60. The smallest absolute Gasteiger partial charge is 0.268 e. The molecule has 1 aliphatic rings. The monoisotopic (exact) mass is 370 g/mol. The normalized spacial score (nSPS) is 17.5. The number of hydrogen-bond donors (Lipinski definition) is 3. The fourth-order valence-corrected chi connectivity index (χ4v) is 3.12. The first kappa shape index (κ1) is 19.2. The summed E-state index contributed by atoms with van der Waals surface area (Å²) in [6.45, 7) is 4.35. The Bertz CT molecular complexity index is 789. The summed E-state index contributed by atoms with van der Waals surface area (Å²) >= 11 is 0. The number of anilines is 1. The molecule has 1 aliphatic heterocycles. The van der Waals surface area contributed by atoms with Gasteiger partial charge in [-0.2, -0.15) is 0 Å². The quantitative estimate of drug-likeness (QED) is 0.697. The van der Waals surface area contributed by atoms with E-state index in [1.165, 1.54) is 0 Å². The molecule has 0 bridgehead atoms. The van der Waals surface area contributed by atoms with Gasteiger partial charge in [0.1, 0.15) is 17.6 Å². The van der Waals surface area contributed by atoms with Crippen molar-refractivity contribution in [1.82, 2.24) is 5.32 Å². The average Bonchev–Trinajstić information content (AvgIpc) is 2.66. The number of aliphatic hydroxyl groups excluding tert-OH is 1. The summed E-state index contributed by atoms with van der Waals surface area (Å²) in [5.41, 5.74) is 1.51. The number of carbonyl (C=O) groups excluding carboxylic acids is 1. The summed E-state index contributed by atoms with van der Waals surface area (Å²) < 4.78 is 10.9. The maximum absolute atomic E-state index is 12.2. The Hall–Kier alpha value is -2.57. The number of methoxy groups -OCH3 is 1. The van der Waals surface area contributed by atoms with Crippen LogP contribution in [0.25, 0.3) is 0 Å². The van der Waals surface area contributed by atoms with Crippen molar-refractivity contribution in [2.24, 2.45) is 0 Å². The van der Waals surface area contributed by atoms with Crippen LogP contribution in [0.2, 0.25) is 0 Å². The van der Waals surface area contributed by atoms with Crippen molar-refractivity contribution >= 4 is 11.6 Å². The summed E-state index contributed by atoms with van der Waals surface area (Å²) in [6, 6.07) is 15.1. The number of β-amino-alcohol motifs (C(OH)–C–C–N with tert-alkyl or cyclic N) is 1. The molecule has 0 aliphatic carbocycles. The Morgan fingerprint density at radius 1 is 1.22 bits per heavy atom. The summed E-state index contributed by atoms with van der Waals surface area (Å²) in [5.74, 6) is 1.05. The second-order valence-electron chi connectivity index (χ2n) is 7.38. The topological polar surface area (TPSA) is 79.8 Å². The predicted octanol–water partition coefficient (Wildman–Crippen LogP) is 2.37. The summed E-state index contributed by atoms with van der Waals surface area (Å²) in [5, 5.41) is 16.6. The molecule has 2 atom stereocenters. The molecule has 2 unspecified atom stereocenters. The van der Waals surface area contributed by atoms with Crippen molar-refractivity contribution in [2.75, 3.05) is 19.0 Å². The Kier molecular flexibility index (Phi) is 5.68. The average molecular weight is 370 g/mol. The van der Waals surface area contributed by atoms with Crippen LogP contribution in [0.5, 0.6) is 11.5 Å². The molecular weight excluding hydrogens is 344 g/mol. The molecule has 0 saturated carbocycles. The van der Waals surface area contributed by atoms with E-state index in [1.54, 1.807) is 19.2 Å². The molecule has 2 aromatic carbocycles. The number of aliphatic hydroxyl groups is 1. The van der Waals surface area contributed by atoms with Crippen molar-refractivity contribution in [3.8, 4) is 11.5 Å². The molecule has 0 spiro atoms. The van der Waals surface area contributed by atoms with Gasteiger partial charge >= 0.3 is 0 Å². The van der Waals surface area contributed by atoms with Gasteiger partial charge < -0.3 is 25.2 Å². The lowest BCUT2D eigenvalue weighted by Gasteiger charge is -2.32.